The molecule has 0 unspecified atom stereocenters. The Balaban J connectivity index is 2.87. The van der Waals surface area contributed by atoms with Gasteiger partial charge in [0, 0.05) is 6.92 Å². The predicted octanol–water partition coefficient (Wildman–Crippen LogP) is -0.127. The molecule has 1 amide bonds. The maximum atomic E-state index is 13.3. The Labute approximate surface area is 242 Å². The third-order valence-electron chi connectivity index (χ3n) is 5.10. The van der Waals surface area contributed by atoms with Crippen molar-refractivity contribution in [3.05, 3.63) is 125 Å². The Morgan fingerprint density at radius 2 is 1.86 bits per heavy atom. The lowest BCUT2D eigenvalue weighted by atomic mass is 9.93. The molecule has 0 aromatic heterocycles. The lowest BCUT2D eigenvalue weighted by molar-refractivity contribution is -0.412. The van der Waals surface area contributed by atoms with Gasteiger partial charge in [0.2, 0.25) is 5.78 Å². The number of ketones is 2. The number of hydrogen-bond donors (Lipinski definition) is 1. The first-order valence-electron chi connectivity index (χ1n) is 11.5. The summed E-state index contributed by atoms with van der Waals surface area (Å²) in [6.07, 6.45) is 5.51. The highest BCUT2D eigenvalue weighted by molar-refractivity contribution is 6.12. The van der Waals surface area contributed by atoms with E-state index >= 15 is 0 Å². The number of aliphatic imine (C=N–C) groups is 1. The fourth-order valence-corrected chi connectivity index (χ4v) is 3.25. The minimum Gasteiger partial charge on any atom is -0.867 e. The second-order valence-electron chi connectivity index (χ2n) is 8.10. The quantitative estimate of drug-likeness (QED) is 0.121. The number of rotatable bonds is 5. The maximum absolute atomic E-state index is 13.3. The summed E-state index contributed by atoms with van der Waals surface area (Å²) < 4.78 is 14.8. The molecule has 1 radical (unpaired) electrons. The van der Waals surface area contributed by atoms with Gasteiger partial charge in [-0.3, -0.25) is 15.5 Å². The van der Waals surface area contributed by atoms with Crippen molar-refractivity contribution >= 4 is 37.1 Å². The van der Waals surface area contributed by atoms with Crippen LogP contribution in [0.1, 0.15) is 12.8 Å². The summed E-state index contributed by atoms with van der Waals surface area (Å²) in [6.45, 7) is 24.4. The van der Waals surface area contributed by atoms with Crippen LogP contribution in [-0.4, -0.2) is 43.7 Å². The first-order valence-corrected chi connectivity index (χ1v) is 11.5. The molecule has 0 atom stereocenters. The van der Waals surface area contributed by atoms with E-state index in [1.165, 1.54) is 0 Å². The average Bonchev–Trinajstić information content (AvgIpc) is 2.94. The smallest absolute Gasteiger partial charge is 0.677 e. The van der Waals surface area contributed by atoms with Crippen molar-refractivity contribution in [3.8, 4) is 11.8 Å². The van der Waals surface area contributed by atoms with Gasteiger partial charge in [-0.25, -0.2) is 20.7 Å². The van der Waals surface area contributed by atoms with Gasteiger partial charge in [0.15, 0.2) is 17.3 Å². The summed E-state index contributed by atoms with van der Waals surface area (Å²) in [6, 6.07) is 0. The van der Waals surface area contributed by atoms with Crippen LogP contribution in [0.2, 0.25) is 0 Å². The molecule has 42 heavy (non-hydrogen) atoms. The summed E-state index contributed by atoms with van der Waals surface area (Å²) in [5.41, 5.74) is 5.47. The second-order valence-corrected chi connectivity index (χ2v) is 8.10. The summed E-state index contributed by atoms with van der Waals surface area (Å²) in [4.78, 5) is 28.4. The minimum absolute atomic E-state index is 0.126. The van der Waals surface area contributed by atoms with Gasteiger partial charge in [-0.2, -0.15) is 0 Å². The van der Waals surface area contributed by atoms with E-state index in [9.17, 15) is 24.9 Å². The Kier molecular flexibility index (Phi) is 10.9. The van der Waals surface area contributed by atoms with Crippen molar-refractivity contribution in [3.63, 3.8) is 0 Å². The third kappa shape index (κ3) is 7.91. The van der Waals surface area contributed by atoms with E-state index in [1.54, 1.807) is 0 Å². The molecule has 2 N–H and O–H groups in total. The number of nitrogens with zero attached hydrogens (tertiary/aromatic N) is 2. The molecular weight excluding hydrogens is 542 g/mol. The summed E-state index contributed by atoms with van der Waals surface area (Å²) in [7, 11) is 0. The highest BCUT2D eigenvalue weighted by Crippen LogP contribution is 2.31. The molecule has 0 saturated carbocycles. The zero-order chi connectivity index (χ0) is 31.6. The van der Waals surface area contributed by atoms with E-state index < -0.39 is 52.1 Å². The fraction of sp³-hybridized carbons (Fsp3) is 0.0968. The number of hydrogen-bond acceptors (Lipinski definition) is 6. The average molecular weight is 565 g/mol. The number of allylic oxidation sites excluding steroid dienone is 5. The molecule has 11 nitrogen and oxygen atoms in total. The third-order valence-corrected chi connectivity index (χ3v) is 5.10. The van der Waals surface area contributed by atoms with Crippen LogP contribution in [0.25, 0.3) is 5.32 Å². The van der Waals surface area contributed by atoms with Gasteiger partial charge >= 0.3 is 17.6 Å². The number of Topliss-reactive ketones (excluding diaryl/α,β-unsaturated/α-hetero) is 1. The van der Waals surface area contributed by atoms with Gasteiger partial charge in [0.1, 0.15) is 25.0 Å². The standard InChI is InChI=1S/C31H22N3O8/c1-8-12-33-26-21-13-17(2)14-25(41-7)27(36)19(4)15-20(5)29(42-31(32)39)24(40-6)11-9-10-18(3)30(38)34-22(28(21)37)16-23(26)35/h1-7,12-14H2,(H2-4,32,33,34,35,36,37,38,39). The molecule has 1 aliphatic heterocycles. The molecule has 2 rings (SSSR count). The van der Waals surface area contributed by atoms with Gasteiger partial charge in [-0.15, -0.1) is 5.70 Å². The number of primary amides is 1. The lowest BCUT2D eigenvalue weighted by Crippen LogP contribution is -2.23. The molecule has 2 bridgehead atoms. The zero-order valence-electron chi connectivity index (χ0n) is 22.3. The summed E-state index contributed by atoms with van der Waals surface area (Å²) in [5, 5.41) is 42.6. The molecule has 1 aliphatic carbocycles. The molecule has 0 aromatic rings. The molecule has 0 saturated heterocycles. The lowest BCUT2D eigenvalue weighted by Gasteiger charge is -2.31. The van der Waals surface area contributed by atoms with Crippen LogP contribution in [0.4, 0.5) is 4.79 Å². The molecule has 0 fully saturated rings. The van der Waals surface area contributed by atoms with Gasteiger partial charge in [0.05, 0.1) is 16.8 Å². The zero-order valence-corrected chi connectivity index (χ0v) is 22.3. The highest BCUT2D eigenvalue weighted by atomic mass is 16.5. The number of amides is 1. The molecule has 0 aromatic carbocycles. The van der Waals surface area contributed by atoms with Crippen LogP contribution in [0.15, 0.2) is 99.3 Å². The van der Waals surface area contributed by atoms with E-state index in [2.05, 4.69) is 92.9 Å². The van der Waals surface area contributed by atoms with Crippen LogP contribution in [0, 0.1) is 37.0 Å². The molecular formula is C31H22N3O8. The van der Waals surface area contributed by atoms with Gasteiger partial charge < -0.3 is 25.1 Å². The summed E-state index contributed by atoms with van der Waals surface area (Å²) in [5.74, 6) is -0.173. The van der Waals surface area contributed by atoms with E-state index in [0.717, 1.165) is 0 Å². The molecule has 1 heterocycles. The van der Waals surface area contributed by atoms with Crippen molar-refractivity contribution in [2.75, 3.05) is 6.54 Å². The molecule has 209 valence electrons. The van der Waals surface area contributed by atoms with E-state index in [-0.39, 0.29) is 53.1 Å². The van der Waals surface area contributed by atoms with Crippen LogP contribution in [0.5, 0.6) is 0 Å². The SMILES string of the molecule is C=[C+]C[N-]C1=C2CC(=C)CC([O+]=C)=C([O-])C([CH2+])=[C]C(=C)C(=[O+]C(N)=O)C([O+]=C)=[C-]C#CC(=C)C([O-])=NC(=C=C1[O-])C2=O. The second kappa shape index (κ2) is 14.3. The van der Waals surface area contributed by atoms with Crippen LogP contribution >= 0.6 is 0 Å². The van der Waals surface area contributed by atoms with Gasteiger partial charge in [-0.1, -0.05) is 36.8 Å². The molecule has 0 spiro atoms. The van der Waals surface area contributed by atoms with Crippen molar-refractivity contribution in [2.45, 2.75) is 12.8 Å². The summed E-state index contributed by atoms with van der Waals surface area (Å²) >= 11 is 0. The first kappa shape index (κ1) is 32.0. The van der Waals surface area contributed by atoms with Gasteiger partial charge in [-0.05, 0) is 29.5 Å². The Morgan fingerprint density at radius 1 is 1.17 bits per heavy atom. The van der Waals surface area contributed by atoms with Crippen LogP contribution < -0.4 is 21.1 Å². The van der Waals surface area contributed by atoms with E-state index in [4.69, 9.17) is 19.0 Å². The van der Waals surface area contributed by atoms with Crippen molar-refractivity contribution < 1.29 is 38.2 Å². The number of fused-ring (bicyclic) bond motifs is 2. The first-order chi connectivity index (χ1) is 19.8. The van der Waals surface area contributed by atoms with E-state index in [1.807, 2.05) is 0 Å². The Bertz CT molecular complexity index is 1640. The van der Waals surface area contributed by atoms with Crippen LogP contribution in [0.3, 0.4) is 0 Å². The fourth-order valence-electron chi connectivity index (χ4n) is 3.25. The van der Waals surface area contributed by atoms with E-state index in [0.29, 0.717) is 0 Å². The Morgan fingerprint density at radius 3 is 2.45 bits per heavy atom. The van der Waals surface area contributed by atoms with Crippen molar-refractivity contribution in [2.24, 2.45) is 10.7 Å². The highest BCUT2D eigenvalue weighted by Gasteiger charge is 2.27. The normalized spacial score (nSPS) is 18.1. The Hall–Kier alpha value is -6.20. The number of carbonyl (C=O) groups is 2. The van der Waals surface area contributed by atoms with Crippen LogP contribution in [-0.2, 0) is 18.1 Å². The number of nitrogens with two attached hydrogens (primary N) is 1. The monoisotopic (exact) mass is 564 g/mol. The maximum Gasteiger partial charge on any atom is 0.677 e. The molecule has 11 heteroatoms. The predicted molar refractivity (Wildman–Crippen MR) is 146 cm³/mol. The number of carbonyl (C=O) groups excluding carboxylic acids is 5. The van der Waals surface area contributed by atoms with Crippen molar-refractivity contribution in [1.82, 2.24) is 0 Å². The topological polar surface area (TPSA) is 190 Å². The van der Waals surface area contributed by atoms with Gasteiger partial charge in [0.25, 0.3) is 19.4 Å². The minimum atomic E-state index is -1.29. The largest absolute Gasteiger partial charge is 0.867 e. The molecule has 2 aliphatic rings. The van der Waals surface area contributed by atoms with Crippen molar-refractivity contribution in [1.29, 1.82) is 0 Å².